The first-order valence-corrected chi connectivity index (χ1v) is 5.80. The molecule has 14 heavy (non-hydrogen) atoms. The highest BCUT2D eigenvalue weighted by Gasteiger charge is 2.13. The maximum atomic E-state index is 5.93. The summed E-state index contributed by atoms with van der Waals surface area (Å²) in [4.78, 5) is 8.34. The molecule has 0 saturated carbocycles. The minimum atomic E-state index is -0.250. The van der Waals surface area contributed by atoms with Crippen LogP contribution in [0.15, 0.2) is 0 Å². The lowest BCUT2D eigenvalue weighted by Crippen LogP contribution is -2.05. The van der Waals surface area contributed by atoms with Crippen molar-refractivity contribution in [3.05, 3.63) is 20.2 Å². The Bertz CT molecular complexity index is 333. The molecule has 0 bridgehead atoms. The fourth-order valence-corrected chi connectivity index (χ4v) is 1.58. The Hall–Kier alpha value is 0.350. The van der Waals surface area contributed by atoms with Crippen LogP contribution in [0.3, 0.4) is 0 Å². The lowest BCUT2D eigenvalue weighted by atomic mass is 10.4. The van der Waals surface area contributed by atoms with Crippen LogP contribution in [0, 0.1) is 3.57 Å². The van der Waals surface area contributed by atoms with Crippen molar-refractivity contribution >= 4 is 45.8 Å². The Balaban J connectivity index is 3.14. The Labute approximate surface area is 106 Å². The van der Waals surface area contributed by atoms with Crippen molar-refractivity contribution in [1.82, 2.24) is 9.97 Å². The summed E-state index contributed by atoms with van der Waals surface area (Å²) in [5.74, 6) is 0.532. The fourth-order valence-electron chi connectivity index (χ4n) is 0.891. The van der Waals surface area contributed by atoms with Gasteiger partial charge < -0.3 is 4.74 Å². The Morgan fingerprint density at radius 3 is 2.64 bits per heavy atom. The van der Waals surface area contributed by atoms with Crippen molar-refractivity contribution in [3.8, 4) is 0 Å². The highest BCUT2D eigenvalue weighted by Crippen LogP contribution is 2.23. The molecular weight excluding hydrogens is 338 g/mol. The zero-order valence-electron chi connectivity index (χ0n) is 7.72. The summed E-state index contributed by atoms with van der Waals surface area (Å²) in [6, 6.07) is 0. The van der Waals surface area contributed by atoms with Gasteiger partial charge in [0.2, 0.25) is 0 Å². The lowest BCUT2D eigenvalue weighted by molar-refractivity contribution is 0.180. The topological polar surface area (TPSA) is 35.0 Å². The van der Waals surface area contributed by atoms with Crippen LogP contribution in [0.25, 0.3) is 0 Å². The van der Waals surface area contributed by atoms with E-state index in [0.29, 0.717) is 17.6 Å². The third-order valence-electron chi connectivity index (χ3n) is 1.53. The Kier molecular flexibility index (Phi) is 4.82. The van der Waals surface area contributed by atoms with Gasteiger partial charge in [-0.15, -0.1) is 11.6 Å². The summed E-state index contributed by atoms with van der Waals surface area (Å²) >= 11 is 13.9. The predicted molar refractivity (Wildman–Crippen MR) is 64.7 cm³/mol. The zero-order chi connectivity index (χ0) is 10.7. The highest BCUT2D eigenvalue weighted by atomic mass is 127. The smallest absolute Gasteiger partial charge is 0.148 e. The molecule has 0 aliphatic rings. The summed E-state index contributed by atoms with van der Waals surface area (Å²) in [5.41, 5.74) is 0.774. The fraction of sp³-hybridized carbons (Fsp3) is 0.500. The Morgan fingerprint density at radius 2 is 2.14 bits per heavy atom. The molecule has 0 saturated heterocycles. The molecule has 0 aliphatic carbocycles. The van der Waals surface area contributed by atoms with Gasteiger partial charge in [-0.3, -0.25) is 0 Å². The molecular formula is C8H9Cl2IN2O. The standard InChI is InChI=1S/C8H9Cl2IN2O/c1-4(9)8-12-5(3-14-2)6(11)7(10)13-8/h4H,3H2,1-2H3. The molecule has 1 heterocycles. The van der Waals surface area contributed by atoms with Crippen molar-refractivity contribution in [2.45, 2.75) is 18.9 Å². The van der Waals surface area contributed by atoms with E-state index in [9.17, 15) is 0 Å². The van der Waals surface area contributed by atoms with E-state index in [0.717, 1.165) is 9.26 Å². The normalized spacial score (nSPS) is 12.9. The monoisotopic (exact) mass is 346 g/mol. The average Bonchev–Trinajstić information content (AvgIpc) is 2.12. The molecule has 0 N–H and O–H groups in total. The lowest BCUT2D eigenvalue weighted by Gasteiger charge is -2.08. The number of hydrogen-bond donors (Lipinski definition) is 0. The van der Waals surface area contributed by atoms with E-state index in [1.165, 1.54) is 0 Å². The molecule has 6 heteroatoms. The second-order valence-corrected chi connectivity index (χ2v) is 4.77. The van der Waals surface area contributed by atoms with Gasteiger partial charge >= 0.3 is 0 Å². The summed E-state index contributed by atoms with van der Waals surface area (Å²) in [6.45, 7) is 2.22. The minimum Gasteiger partial charge on any atom is -0.378 e. The van der Waals surface area contributed by atoms with E-state index in [1.807, 2.05) is 0 Å². The van der Waals surface area contributed by atoms with Crippen LogP contribution in [0.5, 0.6) is 0 Å². The molecule has 0 amide bonds. The molecule has 1 aromatic rings. The Morgan fingerprint density at radius 1 is 1.50 bits per heavy atom. The van der Waals surface area contributed by atoms with Crippen molar-refractivity contribution < 1.29 is 4.74 Å². The number of aromatic nitrogens is 2. The molecule has 1 aromatic heterocycles. The highest BCUT2D eigenvalue weighted by molar-refractivity contribution is 14.1. The van der Waals surface area contributed by atoms with Gasteiger partial charge in [0, 0.05) is 7.11 Å². The number of methoxy groups -OCH3 is 1. The van der Waals surface area contributed by atoms with Crippen LogP contribution in [0.1, 0.15) is 23.8 Å². The SMILES string of the molecule is COCc1nc(C(C)Cl)nc(Cl)c1I. The van der Waals surface area contributed by atoms with Gasteiger partial charge in [0.25, 0.3) is 0 Å². The molecule has 1 unspecified atom stereocenters. The second-order valence-electron chi connectivity index (χ2n) is 2.68. The quantitative estimate of drug-likeness (QED) is 0.479. The molecule has 0 aromatic carbocycles. The van der Waals surface area contributed by atoms with Crippen molar-refractivity contribution in [2.75, 3.05) is 7.11 Å². The third-order valence-corrected chi connectivity index (χ3v) is 3.45. The molecule has 1 atom stereocenters. The van der Waals surface area contributed by atoms with Crippen molar-refractivity contribution in [1.29, 1.82) is 0 Å². The predicted octanol–water partition coefficient (Wildman–Crippen LogP) is 3.18. The van der Waals surface area contributed by atoms with Gasteiger partial charge in [0.1, 0.15) is 11.0 Å². The number of ether oxygens (including phenoxy) is 1. The molecule has 0 fully saturated rings. The second kappa shape index (κ2) is 5.44. The molecule has 78 valence electrons. The third kappa shape index (κ3) is 2.92. The van der Waals surface area contributed by atoms with E-state index in [2.05, 4.69) is 32.6 Å². The van der Waals surface area contributed by atoms with Gasteiger partial charge in [-0.2, -0.15) is 0 Å². The number of rotatable bonds is 3. The first kappa shape index (κ1) is 12.4. The number of halogens is 3. The van der Waals surface area contributed by atoms with Crippen molar-refractivity contribution in [2.24, 2.45) is 0 Å². The van der Waals surface area contributed by atoms with Gasteiger partial charge in [-0.1, -0.05) is 11.6 Å². The number of alkyl halides is 1. The molecule has 0 spiro atoms. The maximum Gasteiger partial charge on any atom is 0.148 e. The maximum absolute atomic E-state index is 5.93. The minimum absolute atomic E-state index is 0.250. The first-order valence-electron chi connectivity index (χ1n) is 3.91. The van der Waals surface area contributed by atoms with Crippen LogP contribution >= 0.6 is 45.8 Å². The van der Waals surface area contributed by atoms with Gasteiger partial charge in [-0.25, -0.2) is 9.97 Å². The van der Waals surface area contributed by atoms with Crippen LogP contribution in [-0.4, -0.2) is 17.1 Å². The van der Waals surface area contributed by atoms with E-state index >= 15 is 0 Å². The average molecular weight is 347 g/mol. The largest absolute Gasteiger partial charge is 0.378 e. The van der Waals surface area contributed by atoms with Gasteiger partial charge in [-0.05, 0) is 29.5 Å². The molecule has 1 rings (SSSR count). The molecule has 3 nitrogen and oxygen atoms in total. The van der Waals surface area contributed by atoms with Crippen molar-refractivity contribution in [3.63, 3.8) is 0 Å². The van der Waals surface area contributed by atoms with Crippen LogP contribution in [-0.2, 0) is 11.3 Å². The van der Waals surface area contributed by atoms with Crippen LogP contribution < -0.4 is 0 Å². The number of nitrogens with zero attached hydrogens (tertiary/aromatic N) is 2. The summed E-state index contributed by atoms with van der Waals surface area (Å²) in [6.07, 6.45) is 0. The van der Waals surface area contributed by atoms with E-state index in [-0.39, 0.29) is 5.38 Å². The molecule has 0 aliphatic heterocycles. The van der Waals surface area contributed by atoms with E-state index in [4.69, 9.17) is 27.9 Å². The van der Waals surface area contributed by atoms with Gasteiger partial charge in [0.05, 0.1) is 21.2 Å². The van der Waals surface area contributed by atoms with E-state index in [1.54, 1.807) is 14.0 Å². The summed E-state index contributed by atoms with van der Waals surface area (Å²) in [5, 5.41) is 0.176. The first-order chi connectivity index (χ1) is 6.56. The van der Waals surface area contributed by atoms with Crippen LogP contribution in [0.2, 0.25) is 5.15 Å². The zero-order valence-corrected chi connectivity index (χ0v) is 11.4. The summed E-state index contributed by atoms with van der Waals surface area (Å²) in [7, 11) is 1.61. The number of hydrogen-bond acceptors (Lipinski definition) is 3. The molecule has 0 radical (unpaired) electrons. The van der Waals surface area contributed by atoms with E-state index < -0.39 is 0 Å². The van der Waals surface area contributed by atoms with Crippen LogP contribution in [0.4, 0.5) is 0 Å². The summed E-state index contributed by atoms with van der Waals surface area (Å²) < 4.78 is 5.81. The van der Waals surface area contributed by atoms with Gasteiger partial charge in [0.15, 0.2) is 0 Å².